The number of aromatic amines is 1. The van der Waals surface area contributed by atoms with Gasteiger partial charge in [-0.25, -0.2) is 9.48 Å². The fourth-order valence-corrected chi connectivity index (χ4v) is 3.33. The van der Waals surface area contributed by atoms with Crippen LogP contribution in [-0.4, -0.2) is 20.7 Å². The van der Waals surface area contributed by atoms with Gasteiger partial charge in [-0.15, -0.1) is 0 Å². The number of hydrogen-bond acceptors (Lipinski definition) is 4. The van der Waals surface area contributed by atoms with E-state index in [0.29, 0.717) is 34.6 Å². The zero-order valence-electron chi connectivity index (χ0n) is 15.2. The van der Waals surface area contributed by atoms with Gasteiger partial charge >= 0.3 is 5.76 Å². The summed E-state index contributed by atoms with van der Waals surface area (Å²) in [5.41, 5.74) is 4.49. The maximum absolute atomic E-state index is 12.8. The van der Waals surface area contributed by atoms with Crippen molar-refractivity contribution in [3.05, 3.63) is 80.6 Å². The second kappa shape index (κ2) is 7.01. The van der Waals surface area contributed by atoms with E-state index in [0.717, 1.165) is 5.56 Å². The predicted molar refractivity (Wildman–Crippen MR) is 107 cm³/mol. The van der Waals surface area contributed by atoms with Gasteiger partial charge in [0.1, 0.15) is 5.15 Å². The SMILES string of the molecule is Cc1ccc(Cn2nc(C)c(C(=O)Nc3ccc4oc(=O)[nH]c4c3)c2Cl)cc1. The number of halogens is 1. The van der Waals surface area contributed by atoms with E-state index in [4.69, 9.17) is 16.0 Å². The lowest BCUT2D eigenvalue weighted by Gasteiger charge is -2.06. The summed E-state index contributed by atoms with van der Waals surface area (Å²) in [6, 6.07) is 12.9. The standard InChI is InChI=1S/C20H17ClN4O3/c1-11-3-5-13(6-4-11)10-25-18(21)17(12(2)24-25)19(26)22-14-7-8-16-15(9-14)23-20(27)28-16/h3-9H,10H2,1-2H3,(H,22,26)(H,23,27). The first-order valence-electron chi connectivity index (χ1n) is 8.63. The number of fused-ring (bicyclic) bond motifs is 1. The van der Waals surface area contributed by atoms with Gasteiger partial charge in [0.15, 0.2) is 5.58 Å². The van der Waals surface area contributed by atoms with E-state index in [2.05, 4.69) is 15.4 Å². The van der Waals surface area contributed by atoms with Crippen LogP contribution in [0, 0.1) is 13.8 Å². The van der Waals surface area contributed by atoms with Gasteiger partial charge in [0, 0.05) is 5.69 Å². The minimum Gasteiger partial charge on any atom is -0.408 e. The van der Waals surface area contributed by atoms with Gasteiger partial charge in [0.05, 0.1) is 23.3 Å². The second-order valence-corrected chi connectivity index (χ2v) is 6.93. The number of anilines is 1. The molecule has 7 nitrogen and oxygen atoms in total. The monoisotopic (exact) mass is 396 g/mol. The van der Waals surface area contributed by atoms with Crippen molar-refractivity contribution in [3.8, 4) is 0 Å². The number of aromatic nitrogens is 3. The van der Waals surface area contributed by atoms with E-state index in [1.165, 1.54) is 5.56 Å². The smallest absolute Gasteiger partial charge is 0.408 e. The molecule has 4 rings (SSSR count). The van der Waals surface area contributed by atoms with Gasteiger partial charge in [0.2, 0.25) is 0 Å². The van der Waals surface area contributed by atoms with Gasteiger partial charge in [-0.3, -0.25) is 9.78 Å². The molecule has 2 aromatic heterocycles. The molecule has 0 radical (unpaired) electrons. The normalized spacial score (nSPS) is 11.1. The van der Waals surface area contributed by atoms with Gasteiger partial charge in [-0.05, 0) is 37.6 Å². The fourth-order valence-electron chi connectivity index (χ4n) is 3.01. The lowest BCUT2D eigenvalue weighted by molar-refractivity contribution is 0.102. The highest BCUT2D eigenvalue weighted by atomic mass is 35.5. The summed E-state index contributed by atoms with van der Waals surface area (Å²) in [6.45, 7) is 4.23. The van der Waals surface area contributed by atoms with E-state index in [1.807, 2.05) is 31.2 Å². The predicted octanol–water partition coefficient (Wildman–Crippen LogP) is 3.89. The van der Waals surface area contributed by atoms with Crippen molar-refractivity contribution in [2.45, 2.75) is 20.4 Å². The molecule has 0 unspecified atom stereocenters. The Balaban J connectivity index is 1.58. The molecule has 0 aliphatic rings. The first-order valence-corrected chi connectivity index (χ1v) is 9.01. The van der Waals surface area contributed by atoms with Crippen LogP contribution in [0.4, 0.5) is 5.69 Å². The van der Waals surface area contributed by atoms with Crippen molar-refractivity contribution in [2.24, 2.45) is 0 Å². The fraction of sp³-hybridized carbons (Fsp3) is 0.150. The molecule has 28 heavy (non-hydrogen) atoms. The molecule has 0 bridgehead atoms. The minimum atomic E-state index is -0.547. The average Bonchev–Trinajstić information content (AvgIpc) is 3.15. The Morgan fingerprint density at radius 1 is 1.21 bits per heavy atom. The number of nitrogens with one attached hydrogen (secondary N) is 2. The zero-order chi connectivity index (χ0) is 19.8. The molecule has 4 aromatic rings. The molecule has 1 amide bonds. The van der Waals surface area contributed by atoms with Crippen LogP contribution >= 0.6 is 11.6 Å². The summed E-state index contributed by atoms with van der Waals surface area (Å²) >= 11 is 6.45. The van der Waals surface area contributed by atoms with Crippen molar-refractivity contribution in [1.82, 2.24) is 14.8 Å². The topological polar surface area (TPSA) is 92.9 Å². The van der Waals surface area contributed by atoms with Crippen molar-refractivity contribution >= 4 is 34.3 Å². The van der Waals surface area contributed by atoms with Crippen LogP contribution in [0.15, 0.2) is 51.7 Å². The van der Waals surface area contributed by atoms with Crippen molar-refractivity contribution < 1.29 is 9.21 Å². The lowest BCUT2D eigenvalue weighted by atomic mass is 10.1. The van der Waals surface area contributed by atoms with Crippen LogP contribution < -0.4 is 11.1 Å². The molecular weight excluding hydrogens is 380 g/mol. The number of aryl methyl sites for hydroxylation is 2. The Bertz CT molecular complexity index is 1230. The summed E-state index contributed by atoms with van der Waals surface area (Å²) in [5.74, 6) is -0.919. The van der Waals surface area contributed by atoms with Crippen LogP contribution in [0.5, 0.6) is 0 Å². The number of carbonyl (C=O) groups excluding carboxylic acids is 1. The molecule has 0 fully saturated rings. The van der Waals surface area contributed by atoms with Crippen LogP contribution in [0.3, 0.4) is 0 Å². The quantitative estimate of drug-likeness (QED) is 0.547. The number of carbonyl (C=O) groups is 1. The van der Waals surface area contributed by atoms with Crippen LogP contribution in [-0.2, 0) is 6.54 Å². The van der Waals surface area contributed by atoms with Crippen molar-refractivity contribution in [2.75, 3.05) is 5.32 Å². The lowest BCUT2D eigenvalue weighted by Crippen LogP contribution is -2.13. The van der Waals surface area contributed by atoms with E-state index < -0.39 is 5.76 Å². The first kappa shape index (κ1) is 18.1. The number of H-pyrrole nitrogens is 1. The third-order valence-electron chi connectivity index (χ3n) is 4.42. The number of oxazole rings is 1. The highest BCUT2D eigenvalue weighted by Gasteiger charge is 2.21. The Hall–Kier alpha value is -3.32. The van der Waals surface area contributed by atoms with E-state index in [1.54, 1.807) is 29.8 Å². The maximum Gasteiger partial charge on any atom is 0.417 e. The summed E-state index contributed by atoms with van der Waals surface area (Å²) in [7, 11) is 0. The number of nitrogens with zero attached hydrogens (tertiary/aromatic N) is 2. The highest BCUT2D eigenvalue weighted by Crippen LogP contribution is 2.23. The molecular formula is C20H17ClN4O3. The molecule has 2 aromatic carbocycles. The first-order chi connectivity index (χ1) is 13.4. The molecule has 0 atom stereocenters. The number of amides is 1. The van der Waals surface area contributed by atoms with Crippen molar-refractivity contribution in [3.63, 3.8) is 0 Å². The maximum atomic E-state index is 12.8. The molecule has 0 saturated heterocycles. The van der Waals surface area contributed by atoms with Crippen LogP contribution in [0.25, 0.3) is 11.1 Å². The molecule has 2 heterocycles. The van der Waals surface area contributed by atoms with E-state index >= 15 is 0 Å². The Kier molecular flexibility index (Phi) is 4.52. The number of rotatable bonds is 4. The Labute approximate surface area is 164 Å². The molecule has 8 heteroatoms. The van der Waals surface area contributed by atoms with Gasteiger partial charge in [-0.2, -0.15) is 5.10 Å². The molecule has 0 saturated carbocycles. The molecule has 0 spiro atoms. The second-order valence-electron chi connectivity index (χ2n) is 6.57. The summed E-state index contributed by atoms with van der Waals surface area (Å²) in [4.78, 5) is 26.6. The third kappa shape index (κ3) is 3.44. The van der Waals surface area contributed by atoms with E-state index in [9.17, 15) is 9.59 Å². The highest BCUT2D eigenvalue weighted by molar-refractivity contribution is 6.33. The number of hydrogen-bond donors (Lipinski definition) is 2. The third-order valence-corrected chi connectivity index (χ3v) is 4.81. The van der Waals surface area contributed by atoms with Crippen molar-refractivity contribution in [1.29, 1.82) is 0 Å². The summed E-state index contributed by atoms with van der Waals surface area (Å²) < 4.78 is 6.56. The number of benzene rings is 2. The zero-order valence-corrected chi connectivity index (χ0v) is 16.0. The molecule has 142 valence electrons. The van der Waals surface area contributed by atoms with Gasteiger partial charge in [0.25, 0.3) is 5.91 Å². The molecule has 0 aliphatic carbocycles. The molecule has 0 aliphatic heterocycles. The van der Waals surface area contributed by atoms with E-state index in [-0.39, 0.29) is 11.1 Å². The van der Waals surface area contributed by atoms with Gasteiger partial charge in [-0.1, -0.05) is 41.4 Å². The Morgan fingerprint density at radius 3 is 2.71 bits per heavy atom. The summed E-state index contributed by atoms with van der Waals surface area (Å²) in [5, 5.41) is 7.46. The molecule has 2 N–H and O–H groups in total. The Morgan fingerprint density at radius 2 is 1.96 bits per heavy atom. The average molecular weight is 397 g/mol. The largest absolute Gasteiger partial charge is 0.417 e. The summed E-state index contributed by atoms with van der Waals surface area (Å²) in [6.07, 6.45) is 0. The van der Waals surface area contributed by atoms with Gasteiger partial charge < -0.3 is 9.73 Å². The van der Waals surface area contributed by atoms with Crippen LogP contribution in [0.1, 0.15) is 27.2 Å². The minimum absolute atomic E-state index is 0.272. The van der Waals surface area contributed by atoms with Crippen LogP contribution in [0.2, 0.25) is 5.15 Å².